The molecule has 0 aliphatic rings. The number of ether oxygens (including phenoxy) is 1. The number of aromatic nitrogens is 2. The summed E-state index contributed by atoms with van der Waals surface area (Å²) in [6.45, 7) is 0. The number of methoxy groups -OCH3 is 1. The van der Waals surface area contributed by atoms with Crippen molar-refractivity contribution in [3.63, 3.8) is 0 Å². The summed E-state index contributed by atoms with van der Waals surface area (Å²) in [6.07, 6.45) is -3.49. The van der Waals surface area contributed by atoms with E-state index in [2.05, 4.69) is 19.0 Å². The van der Waals surface area contributed by atoms with Gasteiger partial charge in [-0.25, -0.2) is 4.21 Å². The van der Waals surface area contributed by atoms with E-state index >= 15 is 0 Å². The van der Waals surface area contributed by atoms with Crippen molar-refractivity contribution in [1.29, 1.82) is 0 Å². The molecule has 0 bridgehead atoms. The number of amides is 1. The Hall–Kier alpha value is -2.92. The lowest BCUT2D eigenvalue weighted by Crippen LogP contribution is -2.06. The second-order valence-corrected chi connectivity index (χ2v) is 8.68. The highest BCUT2D eigenvalue weighted by molar-refractivity contribution is 7.93. The fraction of sp³-hybridized carbons (Fsp3) is 0.167. The van der Waals surface area contributed by atoms with E-state index in [1.807, 2.05) is 0 Å². The first-order valence-electron chi connectivity index (χ1n) is 8.12. The molecule has 7 nitrogen and oxygen atoms in total. The van der Waals surface area contributed by atoms with Gasteiger partial charge in [0.2, 0.25) is 5.82 Å². The van der Waals surface area contributed by atoms with Crippen LogP contribution >= 0.6 is 11.6 Å². The average Bonchev–Trinajstić information content (AvgIpc) is 3.18. The molecule has 0 spiro atoms. The normalized spacial score (nSPS) is 13.5. The number of carbonyl (C=O) groups excluding carboxylic acids is 1. The molecule has 0 fully saturated rings. The minimum Gasteiger partial charge on any atom is -0.496 e. The Labute approximate surface area is 174 Å². The van der Waals surface area contributed by atoms with Crippen LogP contribution in [0.3, 0.4) is 0 Å². The van der Waals surface area contributed by atoms with Crippen LogP contribution in [0, 0.1) is 0 Å². The molecular formula is C18H13ClF3N3O4S. The fourth-order valence-corrected chi connectivity index (χ4v) is 3.70. The SMILES string of the molecule is COc1cc(-c2noc(C(F)(F)F)n2)ccc1C(=O)N=S(C)(=O)c1ccc(Cl)cc1. The molecule has 0 radical (unpaired) electrons. The molecule has 12 heteroatoms. The van der Waals surface area contributed by atoms with E-state index in [0.717, 1.165) is 0 Å². The van der Waals surface area contributed by atoms with E-state index in [4.69, 9.17) is 16.3 Å². The third-order valence-corrected chi connectivity index (χ3v) is 5.78. The Morgan fingerprint density at radius 2 is 1.87 bits per heavy atom. The van der Waals surface area contributed by atoms with Gasteiger partial charge in [-0.3, -0.25) is 4.79 Å². The first-order chi connectivity index (χ1) is 14.0. The van der Waals surface area contributed by atoms with Gasteiger partial charge in [-0.05, 0) is 42.5 Å². The lowest BCUT2D eigenvalue weighted by Gasteiger charge is -2.08. The second kappa shape index (κ2) is 8.07. The number of alkyl halides is 3. The van der Waals surface area contributed by atoms with Crippen LogP contribution in [0.1, 0.15) is 16.2 Å². The number of nitrogens with zero attached hydrogens (tertiary/aromatic N) is 3. The van der Waals surface area contributed by atoms with E-state index in [1.54, 1.807) is 0 Å². The third kappa shape index (κ3) is 4.62. The first-order valence-corrected chi connectivity index (χ1v) is 10.4. The van der Waals surface area contributed by atoms with Crippen LogP contribution in [0.2, 0.25) is 5.02 Å². The van der Waals surface area contributed by atoms with Gasteiger partial charge in [0.15, 0.2) is 0 Å². The molecule has 0 N–H and O–H groups in total. The van der Waals surface area contributed by atoms with Crippen LogP contribution in [-0.2, 0) is 15.9 Å². The van der Waals surface area contributed by atoms with Gasteiger partial charge in [0, 0.05) is 21.7 Å². The molecule has 1 heterocycles. The molecule has 3 rings (SSSR count). The smallest absolute Gasteiger partial charge is 0.471 e. The van der Waals surface area contributed by atoms with E-state index in [1.165, 1.54) is 55.8 Å². The molecule has 1 amide bonds. The summed E-state index contributed by atoms with van der Waals surface area (Å²) in [5.41, 5.74) is 0.0851. The van der Waals surface area contributed by atoms with E-state index < -0.39 is 27.7 Å². The summed E-state index contributed by atoms with van der Waals surface area (Å²) in [6, 6.07) is 9.86. The standard InChI is InChI=1S/C18H13ClF3N3O4S/c1-28-14-9-10(15-23-17(29-24-15)18(20,21)22)3-8-13(14)16(26)25-30(2,27)12-6-4-11(19)5-7-12/h3-9H,1-2H3. The Balaban J connectivity index is 1.96. The van der Waals surface area contributed by atoms with E-state index in [0.29, 0.717) is 9.92 Å². The minimum atomic E-state index is -4.78. The van der Waals surface area contributed by atoms with Crippen LogP contribution in [-0.4, -0.2) is 33.6 Å². The maximum Gasteiger partial charge on any atom is 0.471 e. The fourth-order valence-electron chi connectivity index (χ4n) is 2.41. The van der Waals surface area contributed by atoms with E-state index in [-0.39, 0.29) is 22.7 Å². The van der Waals surface area contributed by atoms with Gasteiger partial charge in [-0.1, -0.05) is 16.8 Å². The van der Waals surface area contributed by atoms with Crippen molar-refractivity contribution in [1.82, 2.24) is 10.1 Å². The Morgan fingerprint density at radius 1 is 1.20 bits per heavy atom. The van der Waals surface area contributed by atoms with Crippen molar-refractivity contribution >= 4 is 27.2 Å². The summed E-state index contributed by atoms with van der Waals surface area (Å²) in [5.74, 6) is -2.67. The Kier molecular flexibility index (Phi) is 5.86. The van der Waals surface area contributed by atoms with Gasteiger partial charge in [0.1, 0.15) is 5.75 Å². The topological polar surface area (TPSA) is 94.7 Å². The Bertz CT molecular complexity index is 1220. The van der Waals surface area contributed by atoms with Crippen LogP contribution in [0.15, 0.2) is 56.2 Å². The van der Waals surface area contributed by atoms with Crippen molar-refractivity contribution in [2.24, 2.45) is 4.36 Å². The van der Waals surface area contributed by atoms with Crippen molar-refractivity contribution in [2.75, 3.05) is 13.4 Å². The predicted molar refractivity (Wildman–Crippen MR) is 102 cm³/mol. The molecule has 1 atom stereocenters. The summed E-state index contributed by atoms with van der Waals surface area (Å²) in [4.78, 5) is 16.2. The van der Waals surface area contributed by atoms with Crippen LogP contribution < -0.4 is 4.74 Å². The summed E-state index contributed by atoms with van der Waals surface area (Å²) < 4.78 is 63.9. The first kappa shape index (κ1) is 21.8. The van der Waals surface area contributed by atoms with Crippen LogP contribution in [0.4, 0.5) is 13.2 Å². The highest BCUT2D eigenvalue weighted by atomic mass is 35.5. The highest BCUT2D eigenvalue weighted by Gasteiger charge is 2.38. The molecule has 158 valence electrons. The molecular weight excluding hydrogens is 447 g/mol. The number of carbonyl (C=O) groups is 1. The lowest BCUT2D eigenvalue weighted by atomic mass is 10.1. The van der Waals surface area contributed by atoms with Gasteiger partial charge in [0.25, 0.3) is 5.91 Å². The quantitative estimate of drug-likeness (QED) is 0.560. The molecule has 0 aliphatic carbocycles. The van der Waals surface area contributed by atoms with Crippen molar-refractivity contribution in [2.45, 2.75) is 11.1 Å². The van der Waals surface area contributed by atoms with Crippen molar-refractivity contribution < 1.29 is 31.4 Å². The van der Waals surface area contributed by atoms with Crippen molar-refractivity contribution in [3.8, 4) is 17.1 Å². The largest absolute Gasteiger partial charge is 0.496 e. The molecule has 0 saturated carbocycles. The number of rotatable bonds is 4. The summed E-state index contributed by atoms with van der Waals surface area (Å²) in [7, 11) is -1.82. The highest BCUT2D eigenvalue weighted by Crippen LogP contribution is 2.31. The average molecular weight is 460 g/mol. The monoisotopic (exact) mass is 459 g/mol. The van der Waals surface area contributed by atoms with Gasteiger partial charge in [-0.15, -0.1) is 0 Å². The van der Waals surface area contributed by atoms with Crippen molar-refractivity contribution in [3.05, 3.63) is 58.9 Å². The van der Waals surface area contributed by atoms with Gasteiger partial charge in [0.05, 0.1) is 22.4 Å². The molecule has 30 heavy (non-hydrogen) atoms. The zero-order valence-corrected chi connectivity index (χ0v) is 17.0. The molecule has 1 unspecified atom stereocenters. The molecule has 0 aliphatic heterocycles. The summed E-state index contributed by atoms with van der Waals surface area (Å²) in [5, 5.41) is 3.72. The minimum absolute atomic E-state index is 0.00841. The number of hydrogen-bond donors (Lipinski definition) is 0. The Morgan fingerprint density at radius 3 is 2.43 bits per heavy atom. The predicted octanol–water partition coefficient (Wildman–Crippen LogP) is 4.71. The summed E-state index contributed by atoms with van der Waals surface area (Å²) >= 11 is 5.81. The van der Waals surface area contributed by atoms with Gasteiger partial charge < -0.3 is 9.26 Å². The van der Waals surface area contributed by atoms with Crippen LogP contribution in [0.25, 0.3) is 11.4 Å². The number of halogens is 4. The zero-order chi connectivity index (χ0) is 22.1. The zero-order valence-electron chi connectivity index (χ0n) is 15.4. The maximum absolute atomic E-state index is 12.9. The number of hydrogen-bond acceptors (Lipinski definition) is 6. The van der Waals surface area contributed by atoms with E-state index in [9.17, 15) is 22.2 Å². The third-order valence-electron chi connectivity index (χ3n) is 3.87. The molecule has 1 aromatic heterocycles. The van der Waals surface area contributed by atoms with Gasteiger partial charge >= 0.3 is 12.1 Å². The second-order valence-electron chi connectivity index (χ2n) is 5.99. The number of benzene rings is 2. The maximum atomic E-state index is 12.9. The molecule has 2 aromatic carbocycles. The van der Waals surface area contributed by atoms with Gasteiger partial charge in [-0.2, -0.15) is 22.5 Å². The molecule has 3 aromatic rings. The lowest BCUT2D eigenvalue weighted by molar-refractivity contribution is -0.159. The van der Waals surface area contributed by atoms with Crippen LogP contribution in [0.5, 0.6) is 5.75 Å². The molecule has 0 saturated heterocycles.